The van der Waals surface area contributed by atoms with E-state index in [1.165, 1.54) is 18.1 Å². The Morgan fingerprint density at radius 2 is 1.70 bits per heavy atom. The fraction of sp³-hybridized carbons (Fsp3) is 0.474. The Morgan fingerprint density at radius 1 is 1.00 bits per heavy atom. The molecule has 2 aliphatic rings. The van der Waals surface area contributed by atoms with E-state index >= 15 is 4.39 Å². The predicted octanol–water partition coefficient (Wildman–Crippen LogP) is 6.50. The number of hydrogen-bond donors (Lipinski definition) is 2. The molecule has 50 heavy (non-hydrogen) atoms. The molecule has 1 aliphatic heterocycles. The molecule has 0 radical (unpaired) electrons. The van der Waals surface area contributed by atoms with Gasteiger partial charge in [-0.1, -0.05) is 42.5 Å². The van der Waals surface area contributed by atoms with E-state index in [1.807, 2.05) is 49.4 Å². The third kappa shape index (κ3) is 8.46. The summed E-state index contributed by atoms with van der Waals surface area (Å²) in [7, 11) is 1.30. The van der Waals surface area contributed by atoms with Gasteiger partial charge in [-0.05, 0) is 82.2 Å². The van der Waals surface area contributed by atoms with Crippen LogP contribution in [0.5, 0.6) is 11.5 Å². The average Bonchev–Trinajstić information content (AvgIpc) is 3.08. The number of nitrogens with zero attached hydrogens (tertiary/aromatic N) is 1. The Morgan fingerprint density at radius 3 is 2.38 bits per heavy atom. The van der Waals surface area contributed by atoms with E-state index in [-0.39, 0.29) is 49.1 Å². The SMILES string of the molecule is COc1cc(F)c(O[C@H]2CC[C@@](C)(C(=O)OCc3cccc4ccccc34)CC2)cc1C(=O)N[C@@H]1CCN(C(=O)OC(C)(C)C)C[C@@H]1C(=O)O. The van der Waals surface area contributed by atoms with Crippen molar-refractivity contribution in [1.29, 1.82) is 0 Å². The zero-order chi connectivity index (χ0) is 36.2. The Balaban J connectivity index is 1.20. The van der Waals surface area contributed by atoms with Crippen molar-refractivity contribution in [2.24, 2.45) is 11.3 Å². The number of rotatable bonds is 9. The molecule has 0 spiro atoms. The van der Waals surface area contributed by atoms with Crippen molar-refractivity contribution >= 4 is 34.7 Å². The van der Waals surface area contributed by atoms with E-state index in [4.69, 9.17) is 18.9 Å². The molecule has 2 amide bonds. The molecule has 0 unspecified atom stereocenters. The molecule has 268 valence electrons. The number of nitrogens with one attached hydrogen (secondary N) is 1. The summed E-state index contributed by atoms with van der Waals surface area (Å²) < 4.78 is 37.7. The van der Waals surface area contributed by atoms with Gasteiger partial charge < -0.3 is 34.3 Å². The van der Waals surface area contributed by atoms with Crippen LogP contribution < -0.4 is 14.8 Å². The highest BCUT2D eigenvalue weighted by atomic mass is 19.1. The van der Waals surface area contributed by atoms with E-state index in [1.54, 1.807) is 20.8 Å². The molecule has 1 heterocycles. The van der Waals surface area contributed by atoms with Crippen LogP contribution in [0.25, 0.3) is 10.8 Å². The number of likely N-dealkylation sites (tertiary alicyclic amines) is 1. The fourth-order valence-electron chi connectivity index (χ4n) is 6.55. The summed E-state index contributed by atoms with van der Waals surface area (Å²) in [5.74, 6) is -4.17. The molecular weight excluding hydrogens is 647 g/mol. The number of halogens is 1. The smallest absolute Gasteiger partial charge is 0.410 e. The lowest BCUT2D eigenvalue weighted by molar-refractivity contribution is -0.159. The Hall–Kier alpha value is -4.87. The van der Waals surface area contributed by atoms with Crippen LogP contribution in [0.2, 0.25) is 0 Å². The molecule has 0 aromatic heterocycles. The van der Waals surface area contributed by atoms with Gasteiger partial charge in [0.25, 0.3) is 5.91 Å². The number of benzene rings is 3. The first-order chi connectivity index (χ1) is 23.7. The minimum absolute atomic E-state index is 0.0275. The molecule has 11 nitrogen and oxygen atoms in total. The number of methoxy groups -OCH3 is 1. The molecule has 1 saturated heterocycles. The van der Waals surface area contributed by atoms with Gasteiger partial charge in [0.05, 0.1) is 30.1 Å². The standard InChI is InChI=1S/C38H45FN2O9/c1-37(2,3)50-36(46)41-18-15-30(28(21-41)34(43)44)40-33(42)27-19-32(29(39)20-31(27)47-5)49-25-13-16-38(4,17-14-25)35(45)48-22-24-11-8-10-23-9-6-7-12-26(23)24/h6-12,19-20,25,28,30H,13-18,21-22H2,1-5H3,(H,40,42)(H,43,44)/t25-,28-,30+,38+/m0/s1. The molecule has 5 rings (SSSR count). The third-order valence-electron chi connectivity index (χ3n) is 9.46. The molecule has 0 bridgehead atoms. The molecular formula is C38H45FN2O9. The Bertz CT molecular complexity index is 1740. The topological polar surface area (TPSA) is 141 Å². The van der Waals surface area contributed by atoms with E-state index in [2.05, 4.69) is 5.32 Å². The summed E-state index contributed by atoms with van der Waals surface area (Å²) in [5, 5.41) is 14.8. The second kappa shape index (κ2) is 14.9. The van der Waals surface area contributed by atoms with Gasteiger partial charge in [-0.3, -0.25) is 14.4 Å². The van der Waals surface area contributed by atoms with E-state index in [0.717, 1.165) is 22.4 Å². The number of aliphatic carboxylic acids is 1. The summed E-state index contributed by atoms with van der Waals surface area (Å²) in [5.41, 5.74) is -0.577. The number of carboxylic acid groups (broad SMARTS) is 1. The van der Waals surface area contributed by atoms with Gasteiger partial charge in [0.15, 0.2) is 11.6 Å². The van der Waals surface area contributed by atoms with Crippen molar-refractivity contribution in [2.45, 2.75) is 84.2 Å². The molecule has 1 aliphatic carbocycles. The van der Waals surface area contributed by atoms with Gasteiger partial charge in [-0.25, -0.2) is 9.18 Å². The summed E-state index contributed by atoms with van der Waals surface area (Å²) in [6, 6.07) is 15.3. The highest BCUT2D eigenvalue weighted by Crippen LogP contribution is 2.40. The lowest BCUT2D eigenvalue weighted by atomic mass is 9.74. The van der Waals surface area contributed by atoms with Crippen LogP contribution in [0.4, 0.5) is 9.18 Å². The fourth-order valence-corrected chi connectivity index (χ4v) is 6.55. The second-order valence-corrected chi connectivity index (χ2v) is 14.3. The predicted molar refractivity (Wildman–Crippen MR) is 182 cm³/mol. The molecule has 12 heteroatoms. The highest BCUT2D eigenvalue weighted by Gasteiger charge is 2.41. The lowest BCUT2D eigenvalue weighted by Crippen LogP contribution is -2.55. The van der Waals surface area contributed by atoms with Crippen LogP contribution in [0.1, 0.15) is 75.7 Å². The molecule has 2 N–H and O–H groups in total. The van der Waals surface area contributed by atoms with Crippen LogP contribution in [0, 0.1) is 17.2 Å². The van der Waals surface area contributed by atoms with Gasteiger partial charge in [-0.2, -0.15) is 0 Å². The molecule has 2 atom stereocenters. The van der Waals surface area contributed by atoms with E-state index in [0.29, 0.717) is 25.7 Å². The molecule has 1 saturated carbocycles. The van der Waals surface area contributed by atoms with Gasteiger partial charge in [-0.15, -0.1) is 0 Å². The minimum atomic E-state index is -1.18. The first-order valence-corrected chi connectivity index (χ1v) is 16.9. The summed E-state index contributed by atoms with van der Waals surface area (Å²) >= 11 is 0. The van der Waals surface area contributed by atoms with Crippen molar-refractivity contribution in [3.63, 3.8) is 0 Å². The number of esters is 1. The number of fused-ring (bicyclic) bond motifs is 1. The third-order valence-corrected chi connectivity index (χ3v) is 9.46. The normalized spacial score (nSPS) is 22.4. The molecule has 3 aromatic rings. The number of ether oxygens (including phenoxy) is 4. The van der Waals surface area contributed by atoms with Crippen molar-refractivity contribution in [1.82, 2.24) is 10.2 Å². The Labute approximate surface area is 291 Å². The van der Waals surface area contributed by atoms with E-state index < -0.39 is 52.9 Å². The zero-order valence-electron chi connectivity index (χ0n) is 29.1. The second-order valence-electron chi connectivity index (χ2n) is 14.3. The summed E-state index contributed by atoms with van der Waals surface area (Å²) in [6.45, 7) is 7.21. The monoisotopic (exact) mass is 692 g/mol. The van der Waals surface area contributed by atoms with Gasteiger partial charge in [0.2, 0.25) is 0 Å². The number of amides is 2. The first-order valence-electron chi connectivity index (χ1n) is 16.9. The van der Waals surface area contributed by atoms with Crippen molar-refractivity contribution in [3.8, 4) is 11.5 Å². The summed E-state index contributed by atoms with van der Waals surface area (Å²) in [6.07, 6.45) is 0.982. The van der Waals surface area contributed by atoms with Crippen LogP contribution in [-0.4, -0.2) is 71.9 Å². The van der Waals surface area contributed by atoms with Crippen molar-refractivity contribution < 1.29 is 47.6 Å². The lowest BCUT2D eigenvalue weighted by Gasteiger charge is -2.37. The number of hydrogen-bond acceptors (Lipinski definition) is 8. The maximum absolute atomic E-state index is 15.2. The largest absolute Gasteiger partial charge is 0.496 e. The van der Waals surface area contributed by atoms with Crippen LogP contribution in [0.3, 0.4) is 0 Å². The average molecular weight is 693 g/mol. The molecule has 3 aromatic carbocycles. The maximum Gasteiger partial charge on any atom is 0.410 e. The zero-order valence-corrected chi connectivity index (χ0v) is 29.1. The van der Waals surface area contributed by atoms with Gasteiger partial charge >= 0.3 is 18.0 Å². The first kappa shape index (κ1) is 36.4. The number of piperidine rings is 1. The number of carbonyl (C=O) groups is 4. The number of carboxylic acids is 1. The Kier molecular flexibility index (Phi) is 10.9. The highest BCUT2D eigenvalue weighted by molar-refractivity contribution is 5.98. The van der Waals surface area contributed by atoms with Gasteiger partial charge in [0.1, 0.15) is 18.0 Å². The molecule has 2 fully saturated rings. The number of carbonyl (C=O) groups excluding carboxylic acids is 3. The summed E-state index contributed by atoms with van der Waals surface area (Å²) in [4.78, 5) is 52.8. The quantitative estimate of drug-likeness (QED) is 0.241. The van der Waals surface area contributed by atoms with Crippen molar-refractivity contribution in [2.75, 3.05) is 20.2 Å². The van der Waals surface area contributed by atoms with Crippen molar-refractivity contribution in [3.05, 3.63) is 71.5 Å². The van der Waals surface area contributed by atoms with Crippen LogP contribution in [0.15, 0.2) is 54.6 Å². The van der Waals surface area contributed by atoms with E-state index in [9.17, 15) is 24.3 Å². The minimum Gasteiger partial charge on any atom is -0.496 e. The maximum atomic E-state index is 15.2. The van der Waals surface area contributed by atoms with Gasteiger partial charge in [0, 0.05) is 25.2 Å². The van der Waals surface area contributed by atoms with Crippen LogP contribution in [-0.2, 0) is 25.7 Å². The van der Waals surface area contributed by atoms with Crippen LogP contribution >= 0.6 is 0 Å².